The smallest absolute Gasteiger partial charge is 0.0912 e. The predicted molar refractivity (Wildman–Crippen MR) is 45.8 cm³/mol. The molecule has 0 heterocycles. The van der Waals surface area contributed by atoms with Crippen LogP contribution in [0, 0.1) is 18.3 Å². The van der Waals surface area contributed by atoms with Gasteiger partial charge in [-0.25, -0.2) is 0 Å². The van der Waals surface area contributed by atoms with E-state index in [0.717, 1.165) is 5.56 Å². The first-order chi connectivity index (χ1) is 5.33. The average molecular weight is 143 g/mol. The van der Waals surface area contributed by atoms with E-state index in [1.807, 2.05) is 37.3 Å². The fraction of sp³-hybridized carbons (Fsp3) is 0.100. The maximum atomic E-state index is 8.26. The van der Waals surface area contributed by atoms with Crippen LogP contribution in [0.2, 0.25) is 0 Å². The van der Waals surface area contributed by atoms with Gasteiger partial charge in [0.15, 0.2) is 0 Å². The fourth-order valence-corrected chi connectivity index (χ4v) is 0.907. The summed E-state index contributed by atoms with van der Waals surface area (Å²) in [4.78, 5) is 0. The van der Waals surface area contributed by atoms with Gasteiger partial charge in [-0.3, -0.25) is 0 Å². The second-order valence-corrected chi connectivity index (χ2v) is 2.38. The Balaban J connectivity index is 2.90. The molecule has 0 fully saturated rings. The minimum absolute atomic E-state index is 1.08. The first kappa shape index (κ1) is 7.56. The van der Waals surface area contributed by atoms with Gasteiger partial charge in [-0.2, -0.15) is 5.26 Å². The van der Waals surface area contributed by atoms with Crippen LogP contribution >= 0.6 is 0 Å². The average Bonchev–Trinajstić information content (AvgIpc) is 2.01. The van der Waals surface area contributed by atoms with Gasteiger partial charge in [0.1, 0.15) is 0 Å². The molecule has 0 saturated carbocycles. The maximum Gasteiger partial charge on any atom is 0.0912 e. The van der Waals surface area contributed by atoms with E-state index in [2.05, 4.69) is 0 Å². The lowest BCUT2D eigenvalue weighted by Crippen LogP contribution is -1.73. The van der Waals surface area contributed by atoms with Crippen LogP contribution in [-0.4, -0.2) is 0 Å². The highest BCUT2D eigenvalue weighted by molar-refractivity contribution is 5.52. The topological polar surface area (TPSA) is 23.8 Å². The number of aryl methyl sites for hydroxylation is 1. The van der Waals surface area contributed by atoms with E-state index in [1.165, 1.54) is 11.6 Å². The van der Waals surface area contributed by atoms with E-state index in [-0.39, 0.29) is 0 Å². The molecule has 1 heteroatoms. The van der Waals surface area contributed by atoms with Crippen molar-refractivity contribution in [2.75, 3.05) is 0 Å². The number of nitriles is 1. The summed E-state index contributed by atoms with van der Waals surface area (Å²) in [6.45, 7) is 2.03. The second-order valence-electron chi connectivity index (χ2n) is 2.38. The molecule has 0 amide bonds. The van der Waals surface area contributed by atoms with Crippen molar-refractivity contribution < 1.29 is 0 Å². The molecule has 0 aliphatic carbocycles. The van der Waals surface area contributed by atoms with E-state index in [0.29, 0.717) is 0 Å². The highest BCUT2D eigenvalue weighted by Gasteiger charge is 1.85. The summed E-state index contributed by atoms with van der Waals surface area (Å²) in [5, 5.41) is 8.26. The summed E-state index contributed by atoms with van der Waals surface area (Å²) in [5.41, 5.74) is 2.29. The Labute approximate surface area is 66.6 Å². The van der Waals surface area contributed by atoms with Crippen molar-refractivity contribution in [3.05, 3.63) is 41.5 Å². The SMILES string of the molecule is Cc1cccc(/C=C\C#N)c1. The standard InChI is InChI=1S/C10H9N/c1-9-4-2-5-10(8-9)6-3-7-11/h2-6,8H,1H3/b6-3-. The first-order valence-electron chi connectivity index (χ1n) is 3.46. The molecule has 1 aromatic carbocycles. The lowest BCUT2D eigenvalue weighted by Gasteiger charge is -1.92. The number of rotatable bonds is 1. The fourth-order valence-electron chi connectivity index (χ4n) is 0.907. The Kier molecular flexibility index (Phi) is 2.46. The van der Waals surface area contributed by atoms with Gasteiger partial charge in [-0.05, 0) is 18.6 Å². The lowest BCUT2D eigenvalue weighted by molar-refractivity contribution is 1.46. The summed E-state index contributed by atoms with van der Waals surface area (Å²) >= 11 is 0. The van der Waals surface area contributed by atoms with Crippen molar-refractivity contribution >= 4 is 6.08 Å². The van der Waals surface area contributed by atoms with E-state index in [4.69, 9.17) is 5.26 Å². The monoisotopic (exact) mass is 143 g/mol. The Hall–Kier alpha value is -1.55. The Morgan fingerprint density at radius 2 is 2.27 bits per heavy atom. The summed E-state index contributed by atoms with van der Waals surface area (Å²) < 4.78 is 0. The number of nitrogens with zero attached hydrogens (tertiary/aromatic N) is 1. The highest BCUT2D eigenvalue weighted by Crippen LogP contribution is 2.04. The zero-order valence-corrected chi connectivity index (χ0v) is 6.41. The summed E-state index contributed by atoms with van der Waals surface area (Å²) in [6.07, 6.45) is 3.28. The Morgan fingerprint density at radius 1 is 1.45 bits per heavy atom. The largest absolute Gasteiger partial charge is 0.193 e. The predicted octanol–water partition coefficient (Wildman–Crippen LogP) is 2.53. The minimum Gasteiger partial charge on any atom is -0.193 e. The van der Waals surface area contributed by atoms with Gasteiger partial charge in [0.25, 0.3) is 0 Å². The molecule has 0 aliphatic heterocycles. The molecule has 1 aromatic rings. The summed E-state index contributed by atoms with van der Waals surface area (Å²) in [5.74, 6) is 0. The van der Waals surface area contributed by atoms with Crippen LogP contribution in [0.1, 0.15) is 11.1 Å². The van der Waals surface area contributed by atoms with Crippen molar-refractivity contribution in [2.45, 2.75) is 6.92 Å². The van der Waals surface area contributed by atoms with Crippen LogP contribution < -0.4 is 0 Å². The highest BCUT2D eigenvalue weighted by atomic mass is 14.2. The van der Waals surface area contributed by atoms with Crippen LogP contribution in [0.5, 0.6) is 0 Å². The van der Waals surface area contributed by atoms with Crippen molar-refractivity contribution in [3.8, 4) is 6.07 Å². The molecule has 0 atom stereocenters. The van der Waals surface area contributed by atoms with Gasteiger partial charge < -0.3 is 0 Å². The molecule has 0 spiro atoms. The molecular formula is C10H9N. The number of hydrogen-bond acceptors (Lipinski definition) is 1. The van der Waals surface area contributed by atoms with Crippen molar-refractivity contribution in [2.24, 2.45) is 0 Å². The van der Waals surface area contributed by atoms with Gasteiger partial charge in [0.2, 0.25) is 0 Å². The molecule has 0 N–H and O–H groups in total. The third-order valence-electron chi connectivity index (χ3n) is 1.39. The van der Waals surface area contributed by atoms with Gasteiger partial charge in [-0.15, -0.1) is 0 Å². The first-order valence-corrected chi connectivity index (χ1v) is 3.46. The molecule has 0 aromatic heterocycles. The summed E-state index contributed by atoms with van der Waals surface area (Å²) in [6, 6.07) is 9.97. The van der Waals surface area contributed by atoms with Crippen LogP contribution in [0.4, 0.5) is 0 Å². The molecular weight excluding hydrogens is 134 g/mol. The Bertz CT molecular complexity index is 305. The minimum atomic E-state index is 1.08. The van der Waals surface area contributed by atoms with E-state index in [1.54, 1.807) is 6.08 Å². The maximum absolute atomic E-state index is 8.26. The van der Waals surface area contributed by atoms with E-state index in [9.17, 15) is 0 Å². The van der Waals surface area contributed by atoms with Crippen molar-refractivity contribution in [3.63, 3.8) is 0 Å². The molecule has 1 nitrogen and oxygen atoms in total. The molecule has 0 bridgehead atoms. The zero-order chi connectivity index (χ0) is 8.10. The molecule has 0 aliphatic rings. The molecule has 0 unspecified atom stereocenters. The van der Waals surface area contributed by atoms with Crippen LogP contribution in [-0.2, 0) is 0 Å². The van der Waals surface area contributed by atoms with Gasteiger partial charge in [0.05, 0.1) is 6.07 Å². The van der Waals surface area contributed by atoms with Crippen molar-refractivity contribution in [1.29, 1.82) is 5.26 Å². The van der Waals surface area contributed by atoms with Gasteiger partial charge >= 0.3 is 0 Å². The number of benzene rings is 1. The van der Waals surface area contributed by atoms with E-state index >= 15 is 0 Å². The Morgan fingerprint density at radius 3 is 2.91 bits per heavy atom. The van der Waals surface area contributed by atoms with Gasteiger partial charge in [-0.1, -0.05) is 29.8 Å². The number of allylic oxidation sites excluding steroid dienone is 1. The third-order valence-corrected chi connectivity index (χ3v) is 1.39. The lowest BCUT2D eigenvalue weighted by atomic mass is 10.1. The second kappa shape index (κ2) is 3.58. The van der Waals surface area contributed by atoms with Gasteiger partial charge in [0, 0.05) is 6.08 Å². The van der Waals surface area contributed by atoms with Crippen LogP contribution in [0.15, 0.2) is 30.3 Å². The molecule has 0 radical (unpaired) electrons. The van der Waals surface area contributed by atoms with Crippen LogP contribution in [0.3, 0.4) is 0 Å². The quantitative estimate of drug-likeness (QED) is 0.554. The van der Waals surface area contributed by atoms with Crippen LogP contribution in [0.25, 0.3) is 6.08 Å². The zero-order valence-electron chi connectivity index (χ0n) is 6.41. The third kappa shape index (κ3) is 2.27. The van der Waals surface area contributed by atoms with E-state index < -0.39 is 0 Å². The molecule has 54 valence electrons. The molecule has 11 heavy (non-hydrogen) atoms. The molecule has 0 saturated heterocycles. The van der Waals surface area contributed by atoms with Crippen molar-refractivity contribution in [1.82, 2.24) is 0 Å². The normalized spacial score (nSPS) is 9.82. The summed E-state index contributed by atoms with van der Waals surface area (Å²) in [7, 11) is 0. The molecule has 1 rings (SSSR count). The number of hydrogen-bond donors (Lipinski definition) is 0.